The Morgan fingerprint density at radius 1 is 1.43 bits per heavy atom. The lowest BCUT2D eigenvalue weighted by atomic mass is 10.2. The number of hydrogen-bond acceptors (Lipinski definition) is 4. The summed E-state index contributed by atoms with van der Waals surface area (Å²) in [6, 6.07) is 7.76. The Bertz CT molecular complexity index is 541. The second-order valence-corrected chi connectivity index (χ2v) is 5.21. The van der Waals surface area contributed by atoms with Crippen LogP contribution < -0.4 is 15.5 Å². The fraction of sp³-hybridized carbons (Fsp3) is 0.467. The van der Waals surface area contributed by atoms with Crippen LogP contribution in [0.1, 0.15) is 5.56 Å². The molecular weight excluding hydrogens is 270 g/mol. The minimum absolute atomic E-state index is 0.0843. The van der Waals surface area contributed by atoms with Crippen LogP contribution in [0.2, 0.25) is 0 Å². The topological polar surface area (TPSA) is 70.7 Å². The van der Waals surface area contributed by atoms with Crippen LogP contribution in [0.25, 0.3) is 0 Å². The molecule has 1 saturated heterocycles. The maximum atomic E-state index is 12.0. The number of rotatable bonds is 4. The van der Waals surface area contributed by atoms with Crippen LogP contribution in [0.15, 0.2) is 24.3 Å². The van der Waals surface area contributed by atoms with Crippen LogP contribution >= 0.6 is 0 Å². The van der Waals surface area contributed by atoms with Gasteiger partial charge < -0.3 is 20.3 Å². The van der Waals surface area contributed by atoms with Crippen LogP contribution in [-0.2, 0) is 20.7 Å². The van der Waals surface area contributed by atoms with Crippen LogP contribution in [0, 0.1) is 0 Å². The van der Waals surface area contributed by atoms with Crippen LogP contribution in [0.5, 0.6) is 0 Å². The van der Waals surface area contributed by atoms with Crippen molar-refractivity contribution in [3.63, 3.8) is 0 Å². The van der Waals surface area contributed by atoms with Crippen molar-refractivity contribution >= 4 is 17.5 Å². The van der Waals surface area contributed by atoms with E-state index < -0.39 is 6.10 Å². The van der Waals surface area contributed by atoms with Crippen LogP contribution in [0.3, 0.4) is 0 Å². The number of fused-ring (bicyclic) bond motifs is 1. The smallest absolute Gasteiger partial charge is 0.250 e. The zero-order valence-corrected chi connectivity index (χ0v) is 11.8. The molecule has 1 aromatic carbocycles. The molecule has 0 saturated carbocycles. The van der Waals surface area contributed by atoms with Gasteiger partial charge in [0.2, 0.25) is 5.91 Å². The van der Waals surface area contributed by atoms with Crippen molar-refractivity contribution in [1.82, 2.24) is 10.6 Å². The first-order valence-electron chi connectivity index (χ1n) is 7.24. The van der Waals surface area contributed by atoms with Gasteiger partial charge in [-0.05, 0) is 11.6 Å². The monoisotopic (exact) mass is 289 g/mol. The molecule has 0 radical (unpaired) electrons. The third kappa shape index (κ3) is 3.06. The summed E-state index contributed by atoms with van der Waals surface area (Å²) >= 11 is 0. The predicted octanol–water partition coefficient (Wildman–Crippen LogP) is -0.320. The fourth-order valence-corrected chi connectivity index (χ4v) is 2.70. The summed E-state index contributed by atoms with van der Waals surface area (Å²) < 4.78 is 5.38. The number of nitrogens with zero attached hydrogens (tertiary/aromatic N) is 1. The molecule has 1 unspecified atom stereocenters. The molecule has 0 spiro atoms. The molecule has 21 heavy (non-hydrogen) atoms. The highest BCUT2D eigenvalue weighted by atomic mass is 16.5. The summed E-state index contributed by atoms with van der Waals surface area (Å²) in [6.07, 6.45) is 0.0140. The maximum Gasteiger partial charge on any atom is 0.250 e. The van der Waals surface area contributed by atoms with E-state index in [4.69, 9.17) is 4.74 Å². The molecule has 2 aliphatic rings. The average molecular weight is 289 g/mol. The van der Waals surface area contributed by atoms with Gasteiger partial charge in [0, 0.05) is 31.9 Å². The van der Waals surface area contributed by atoms with Gasteiger partial charge in [0.25, 0.3) is 5.91 Å². The second kappa shape index (κ2) is 6.24. The zero-order chi connectivity index (χ0) is 14.7. The van der Waals surface area contributed by atoms with E-state index >= 15 is 0 Å². The van der Waals surface area contributed by atoms with Gasteiger partial charge in [-0.3, -0.25) is 9.59 Å². The molecule has 1 aromatic rings. The number of ether oxygens (including phenoxy) is 1. The van der Waals surface area contributed by atoms with Crippen molar-refractivity contribution in [3.8, 4) is 0 Å². The van der Waals surface area contributed by atoms with Gasteiger partial charge >= 0.3 is 0 Å². The highest BCUT2D eigenvalue weighted by Crippen LogP contribution is 2.27. The number of benzene rings is 1. The Morgan fingerprint density at radius 2 is 2.29 bits per heavy atom. The summed E-state index contributed by atoms with van der Waals surface area (Å²) in [4.78, 5) is 25.6. The summed E-state index contributed by atoms with van der Waals surface area (Å²) in [5.74, 6) is -0.0387. The van der Waals surface area contributed by atoms with E-state index in [1.807, 2.05) is 24.3 Å². The summed E-state index contributed by atoms with van der Waals surface area (Å²) in [5, 5.41) is 5.95. The second-order valence-electron chi connectivity index (χ2n) is 5.21. The lowest BCUT2D eigenvalue weighted by Gasteiger charge is -2.23. The third-order valence-electron chi connectivity index (χ3n) is 3.78. The summed E-state index contributed by atoms with van der Waals surface area (Å²) in [7, 11) is 0. The van der Waals surface area contributed by atoms with Gasteiger partial charge in [0.05, 0.1) is 13.0 Å². The standard InChI is InChI=1S/C15H19N3O3/c19-14-9-11-3-1-2-4-12(11)18(14)7-5-17-15(20)13-10-16-6-8-21-13/h1-4,13,16H,5-10H2,(H,17,20). The molecule has 2 aliphatic heterocycles. The van der Waals surface area contributed by atoms with Crippen molar-refractivity contribution < 1.29 is 14.3 Å². The van der Waals surface area contributed by atoms with E-state index in [-0.39, 0.29) is 11.8 Å². The minimum Gasteiger partial charge on any atom is -0.366 e. The SMILES string of the molecule is O=C(NCCN1C(=O)Cc2ccccc21)C1CNCCO1. The molecule has 3 rings (SSSR count). The quantitative estimate of drug-likeness (QED) is 0.797. The average Bonchev–Trinajstić information content (AvgIpc) is 2.84. The molecule has 1 atom stereocenters. The first kappa shape index (κ1) is 14.0. The van der Waals surface area contributed by atoms with Gasteiger partial charge in [0.15, 0.2) is 0 Å². The molecule has 1 fully saturated rings. The first-order valence-corrected chi connectivity index (χ1v) is 7.24. The van der Waals surface area contributed by atoms with E-state index in [1.165, 1.54) is 0 Å². The van der Waals surface area contributed by atoms with Crippen molar-refractivity contribution in [1.29, 1.82) is 0 Å². The van der Waals surface area contributed by atoms with Crippen molar-refractivity contribution in [2.24, 2.45) is 0 Å². The molecule has 6 nitrogen and oxygen atoms in total. The van der Waals surface area contributed by atoms with E-state index in [9.17, 15) is 9.59 Å². The predicted molar refractivity (Wildman–Crippen MR) is 78.1 cm³/mol. The fourth-order valence-electron chi connectivity index (χ4n) is 2.70. The summed E-state index contributed by atoms with van der Waals surface area (Å²) in [6.45, 7) is 2.79. The zero-order valence-electron chi connectivity index (χ0n) is 11.8. The number of carbonyl (C=O) groups is 2. The number of amides is 2. The normalized spacial score (nSPS) is 21.2. The molecule has 112 valence electrons. The van der Waals surface area contributed by atoms with Crippen molar-refractivity contribution in [2.75, 3.05) is 37.7 Å². The number of para-hydroxylation sites is 1. The Labute approximate surface area is 123 Å². The molecular formula is C15H19N3O3. The lowest BCUT2D eigenvalue weighted by molar-refractivity contribution is -0.134. The van der Waals surface area contributed by atoms with Gasteiger partial charge in [-0.1, -0.05) is 18.2 Å². The molecule has 0 bridgehead atoms. The number of morpholine rings is 1. The molecule has 2 amide bonds. The van der Waals surface area contributed by atoms with Gasteiger partial charge in [-0.2, -0.15) is 0 Å². The van der Waals surface area contributed by atoms with Crippen molar-refractivity contribution in [2.45, 2.75) is 12.5 Å². The van der Waals surface area contributed by atoms with E-state index in [0.717, 1.165) is 17.8 Å². The minimum atomic E-state index is -0.430. The number of nitrogens with one attached hydrogen (secondary N) is 2. The third-order valence-corrected chi connectivity index (χ3v) is 3.78. The van der Waals surface area contributed by atoms with E-state index in [1.54, 1.807) is 4.90 Å². The largest absolute Gasteiger partial charge is 0.366 e. The lowest BCUT2D eigenvalue weighted by Crippen LogP contribution is -2.49. The number of hydrogen-bond donors (Lipinski definition) is 2. The molecule has 2 heterocycles. The van der Waals surface area contributed by atoms with Crippen molar-refractivity contribution in [3.05, 3.63) is 29.8 Å². The Balaban J connectivity index is 1.51. The van der Waals surface area contributed by atoms with E-state index in [2.05, 4.69) is 10.6 Å². The molecule has 0 aliphatic carbocycles. The Hall–Kier alpha value is -1.92. The molecule has 2 N–H and O–H groups in total. The highest BCUT2D eigenvalue weighted by Gasteiger charge is 2.27. The molecule has 0 aromatic heterocycles. The van der Waals surface area contributed by atoms with Crippen LogP contribution in [0.4, 0.5) is 5.69 Å². The van der Waals surface area contributed by atoms with Gasteiger partial charge in [0.1, 0.15) is 6.10 Å². The number of carbonyl (C=O) groups excluding carboxylic acids is 2. The summed E-state index contributed by atoms with van der Waals surface area (Å²) in [5.41, 5.74) is 2.00. The van der Waals surface area contributed by atoms with Gasteiger partial charge in [-0.15, -0.1) is 0 Å². The molecule has 6 heteroatoms. The highest BCUT2D eigenvalue weighted by molar-refractivity contribution is 6.01. The van der Waals surface area contributed by atoms with Gasteiger partial charge in [-0.25, -0.2) is 0 Å². The maximum absolute atomic E-state index is 12.0. The first-order chi connectivity index (χ1) is 10.3. The van der Waals surface area contributed by atoms with E-state index in [0.29, 0.717) is 32.7 Å². The number of anilines is 1. The Morgan fingerprint density at radius 3 is 3.10 bits per heavy atom. The van der Waals surface area contributed by atoms with Crippen LogP contribution in [-0.4, -0.2) is 50.7 Å². The Kier molecular flexibility index (Phi) is 4.17.